The maximum absolute atomic E-state index is 13.4. The van der Waals surface area contributed by atoms with Crippen molar-refractivity contribution in [3.63, 3.8) is 0 Å². The summed E-state index contributed by atoms with van der Waals surface area (Å²) in [5.74, 6) is 0.928. The van der Waals surface area contributed by atoms with Gasteiger partial charge < -0.3 is 25.0 Å². The molecule has 1 unspecified atom stereocenters. The number of hydrogen-bond donors (Lipinski definition) is 2. The highest BCUT2D eigenvalue weighted by Crippen LogP contribution is 2.34. The number of likely N-dealkylation sites (tertiary alicyclic amines) is 1. The molecule has 2 aliphatic heterocycles. The van der Waals surface area contributed by atoms with Gasteiger partial charge in [0.25, 0.3) is 0 Å². The molecule has 0 radical (unpaired) electrons. The van der Waals surface area contributed by atoms with Crippen molar-refractivity contribution in [3.05, 3.63) is 54.1 Å². The zero-order valence-electron chi connectivity index (χ0n) is 19.6. The number of nitrogens with zero attached hydrogens (tertiary/aromatic N) is 1. The number of fused-ring (bicyclic) bond motifs is 1. The first-order valence-corrected chi connectivity index (χ1v) is 11.7. The van der Waals surface area contributed by atoms with Gasteiger partial charge in [0, 0.05) is 37.2 Å². The Morgan fingerprint density at radius 1 is 1.00 bits per heavy atom. The number of anilines is 1. The smallest absolute Gasteiger partial charge is 0.249 e. The van der Waals surface area contributed by atoms with Gasteiger partial charge in [0.1, 0.15) is 6.04 Å². The van der Waals surface area contributed by atoms with Crippen LogP contribution in [-0.2, 0) is 14.4 Å². The summed E-state index contributed by atoms with van der Waals surface area (Å²) in [4.78, 5) is 40.4. The number of piperidine rings is 1. The molecule has 0 aromatic heterocycles. The Balaban J connectivity index is 1.36. The molecule has 34 heavy (non-hydrogen) atoms. The quantitative estimate of drug-likeness (QED) is 0.652. The summed E-state index contributed by atoms with van der Waals surface area (Å²) in [5.41, 5.74) is 1.41. The fourth-order valence-electron chi connectivity index (χ4n) is 4.29. The Morgan fingerprint density at radius 2 is 1.71 bits per heavy atom. The summed E-state index contributed by atoms with van der Waals surface area (Å²) in [6.45, 7) is 5.04. The van der Waals surface area contributed by atoms with Crippen molar-refractivity contribution in [1.29, 1.82) is 0 Å². The lowest BCUT2D eigenvalue weighted by Crippen LogP contribution is -2.47. The van der Waals surface area contributed by atoms with Gasteiger partial charge in [-0.05, 0) is 36.5 Å². The number of hydrogen-bond acceptors (Lipinski definition) is 5. The molecule has 2 heterocycles. The van der Waals surface area contributed by atoms with E-state index in [1.54, 1.807) is 23.1 Å². The number of ether oxygens (including phenoxy) is 2. The van der Waals surface area contributed by atoms with E-state index in [1.807, 2.05) is 44.2 Å². The maximum Gasteiger partial charge on any atom is 0.249 e. The van der Waals surface area contributed by atoms with E-state index >= 15 is 0 Å². The Hall–Kier alpha value is -3.55. The molecule has 0 aliphatic carbocycles. The number of amides is 3. The molecule has 8 nitrogen and oxygen atoms in total. The highest BCUT2D eigenvalue weighted by molar-refractivity contribution is 5.93. The average Bonchev–Trinajstić information content (AvgIpc) is 3.30. The van der Waals surface area contributed by atoms with Gasteiger partial charge >= 0.3 is 0 Å². The number of carbonyl (C=O) groups is 3. The van der Waals surface area contributed by atoms with Crippen LogP contribution in [0.3, 0.4) is 0 Å². The molecule has 2 N–H and O–H groups in total. The van der Waals surface area contributed by atoms with E-state index in [9.17, 15) is 14.4 Å². The predicted molar refractivity (Wildman–Crippen MR) is 127 cm³/mol. The van der Waals surface area contributed by atoms with Crippen LogP contribution in [0.25, 0.3) is 0 Å². The van der Waals surface area contributed by atoms with E-state index in [-0.39, 0.29) is 36.4 Å². The fraction of sp³-hybridized carbons (Fsp3) is 0.423. The van der Waals surface area contributed by atoms with Crippen LogP contribution in [0.1, 0.15) is 44.7 Å². The first-order valence-electron chi connectivity index (χ1n) is 11.7. The van der Waals surface area contributed by atoms with Gasteiger partial charge in [-0.15, -0.1) is 0 Å². The van der Waals surface area contributed by atoms with Crippen molar-refractivity contribution in [3.8, 4) is 11.5 Å². The number of benzene rings is 2. The van der Waals surface area contributed by atoms with E-state index in [0.29, 0.717) is 49.5 Å². The topological polar surface area (TPSA) is 97.0 Å². The summed E-state index contributed by atoms with van der Waals surface area (Å²) in [5, 5.41) is 5.86. The molecule has 1 fully saturated rings. The summed E-state index contributed by atoms with van der Waals surface area (Å²) < 4.78 is 10.7. The Kier molecular flexibility index (Phi) is 7.35. The van der Waals surface area contributed by atoms with Crippen LogP contribution in [0.4, 0.5) is 5.69 Å². The Labute approximate surface area is 199 Å². The normalized spacial score (nSPS) is 16.3. The highest BCUT2D eigenvalue weighted by atomic mass is 16.7. The summed E-state index contributed by atoms with van der Waals surface area (Å²) in [6.07, 6.45) is 1.48. The van der Waals surface area contributed by atoms with E-state index in [4.69, 9.17) is 9.47 Å². The van der Waals surface area contributed by atoms with Crippen molar-refractivity contribution in [2.75, 3.05) is 25.2 Å². The zero-order valence-corrected chi connectivity index (χ0v) is 19.6. The van der Waals surface area contributed by atoms with Gasteiger partial charge in [-0.1, -0.05) is 44.2 Å². The van der Waals surface area contributed by atoms with Crippen molar-refractivity contribution < 1.29 is 23.9 Å². The second-order valence-corrected chi connectivity index (χ2v) is 9.17. The van der Waals surface area contributed by atoms with Crippen LogP contribution in [0.15, 0.2) is 48.5 Å². The summed E-state index contributed by atoms with van der Waals surface area (Å²) >= 11 is 0. The van der Waals surface area contributed by atoms with Crippen LogP contribution >= 0.6 is 0 Å². The number of carbonyl (C=O) groups excluding carboxylic acids is 3. The largest absolute Gasteiger partial charge is 0.454 e. The third kappa shape index (κ3) is 5.68. The van der Waals surface area contributed by atoms with Crippen LogP contribution in [0.5, 0.6) is 11.5 Å². The maximum atomic E-state index is 13.4. The lowest BCUT2D eigenvalue weighted by Gasteiger charge is -2.34. The van der Waals surface area contributed by atoms with Crippen molar-refractivity contribution >= 4 is 23.4 Å². The Bertz CT molecular complexity index is 1030. The first-order chi connectivity index (χ1) is 16.4. The van der Waals surface area contributed by atoms with Gasteiger partial charge in [0.05, 0.1) is 0 Å². The zero-order chi connectivity index (χ0) is 24.1. The molecule has 1 saturated heterocycles. The number of rotatable bonds is 7. The van der Waals surface area contributed by atoms with Crippen molar-refractivity contribution in [2.45, 2.75) is 39.2 Å². The summed E-state index contributed by atoms with van der Waals surface area (Å²) in [7, 11) is 0. The molecule has 2 aromatic carbocycles. The molecule has 8 heteroatoms. The second kappa shape index (κ2) is 10.6. The minimum Gasteiger partial charge on any atom is -0.454 e. The minimum atomic E-state index is -0.730. The monoisotopic (exact) mass is 465 g/mol. The van der Waals surface area contributed by atoms with E-state index in [2.05, 4.69) is 10.6 Å². The lowest BCUT2D eigenvalue weighted by molar-refractivity contribution is -0.139. The molecular weight excluding hydrogens is 434 g/mol. The SMILES string of the molecule is CC(C)CC(=O)NC(C(=O)N1CCC(C(=O)Nc2ccc3c(c2)OCO3)CC1)c1ccccc1. The van der Waals surface area contributed by atoms with Crippen LogP contribution < -0.4 is 20.1 Å². The lowest BCUT2D eigenvalue weighted by atomic mass is 9.94. The van der Waals surface area contributed by atoms with Gasteiger partial charge in [0.15, 0.2) is 11.5 Å². The molecule has 2 aliphatic rings. The average molecular weight is 466 g/mol. The second-order valence-electron chi connectivity index (χ2n) is 9.17. The van der Waals surface area contributed by atoms with Crippen LogP contribution in [0, 0.1) is 11.8 Å². The van der Waals surface area contributed by atoms with E-state index in [0.717, 1.165) is 5.56 Å². The summed E-state index contributed by atoms with van der Waals surface area (Å²) in [6, 6.07) is 13.9. The van der Waals surface area contributed by atoms with Crippen LogP contribution in [-0.4, -0.2) is 42.5 Å². The Morgan fingerprint density at radius 3 is 2.41 bits per heavy atom. The molecule has 0 spiro atoms. The van der Waals surface area contributed by atoms with E-state index < -0.39 is 6.04 Å². The number of nitrogens with one attached hydrogen (secondary N) is 2. The predicted octanol–water partition coefficient (Wildman–Crippen LogP) is 3.50. The standard InChI is InChI=1S/C26H31N3O5/c1-17(2)14-23(30)28-24(18-6-4-3-5-7-18)26(32)29-12-10-19(11-13-29)25(31)27-20-8-9-21-22(15-20)34-16-33-21/h3-9,15,17,19,24H,10-14,16H2,1-2H3,(H,27,31)(H,28,30). The van der Waals surface area contributed by atoms with Crippen molar-refractivity contribution in [2.24, 2.45) is 11.8 Å². The van der Waals surface area contributed by atoms with E-state index in [1.165, 1.54) is 0 Å². The molecule has 4 rings (SSSR count). The van der Waals surface area contributed by atoms with Crippen LogP contribution in [0.2, 0.25) is 0 Å². The van der Waals surface area contributed by atoms with Gasteiger partial charge in [0.2, 0.25) is 24.5 Å². The molecule has 2 aromatic rings. The minimum absolute atomic E-state index is 0.0733. The third-order valence-corrected chi connectivity index (χ3v) is 6.10. The molecule has 0 saturated carbocycles. The third-order valence-electron chi connectivity index (χ3n) is 6.10. The van der Waals surface area contributed by atoms with Gasteiger partial charge in [-0.2, -0.15) is 0 Å². The fourth-order valence-corrected chi connectivity index (χ4v) is 4.29. The van der Waals surface area contributed by atoms with Gasteiger partial charge in [-0.3, -0.25) is 14.4 Å². The van der Waals surface area contributed by atoms with Crippen molar-refractivity contribution in [1.82, 2.24) is 10.2 Å². The molecule has 0 bridgehead atoms. The molecule has 1 atom stereocenters. The molecular formula is C26H31N3O5. The highest BCUT2D eigenvalue weighted by Gasteiger charge is 2.32. The first kappa shape index (κ1) is 23.6. The van der Waals surface area contributed by atoms with Gasteiger partial charge in [-0.25, -0.2) is 0 Å². The molecule has 3 amide bonds. The molecule has 180 valence electrons.